The van der Waals surface area contributed by atoms with Gasteiger partial charge in [-0.3, -0.25) is 0 Å². The molecule has 0 saturated carbocycles. The molecular weight excluding hydrogens is 396 g/mol. The monoisotopic (exact) mass is 438 g/mol. The van der Waals surface area contributed by atoms with Crippen LogP contribution in [0, 0.1) is 0 Å². The number of anilines is 2. The number of rotatable bonds is 6. The molecule has 2 aromatic rings. The maximum atomic E-state index is 5.70. The number of hydrogen-bond acceptors (Lipinski definition) is 4. The molecule has 0 aromatic heterocycles. The molecule has 0 unspecified atom stereocenters. The van der Waals surface area contributed by atoms with E-state index in [1.165, 1.54) is 27.9 Å². The van der Waals surface area contributed by atoms with Crippen LogP contribution in [0.2, 0.25) is 0 Å². The first-order chi connectivity index (χ1) is 15.2. The van der Waals surface area contributed by atoms with E-state index in [0.29, 0.717) is 23.9 Å². The molecule has 0 saturated heterocycles. The first kappa shape index (κ1) is 24.3. The van der Waals surface area contributed by atoms with Gasteiger partial charge in [-0.05, 0) is 74.4 Å². The van der Waals surface area contributed by atoms with Crippen LogP contribution in [-0.4, -0.2) is 25.3 Å². The minimum absolute atomic E-state index is 0.440. The van der Waals surface area contributed by atoms with Gasteiger partial charge in [-0.2, -0.15) is 0 Å². The molecule has 4 heteroatoms. The molecule has 2 aliphatic rings. The normalized spacial score (nSPS) is 14.1. The van der Waals surface area contributed by atoms with Crippen LogP contribution < -0.4 is 20.1 Å². The van der Waals surface area contributed by atoms with Crippen molar-refractivity contribution in [2.75, 3.05) is 23.8 Å². The summed E-state index contributed by atoms with van der Waals surface area (Å²) in [7, 11) is 0. The van der Waals surface area contributed by atoms with E-state index >= 15 is 0 Å². The van der Waals surface area contributed by atoms with Crippen LogP contribution in [0.1, 0.15) is 89.5 Å². The minimum atomic E-state index is 0.440. The van der Waals surface area contributed by atoms with Crippen molar-refractivity contribution in [1.29, 1.82) is 0 Å². The molecule has 2 aromatic carbocycles. The van der Waals surface area contributed by atoms with Crippen LogP contribution in [0.4, 0.5) is 11.4 Å². The van der Waals surface area contributed by atoms with Gasteiger partial charge in [-0.15, -0.1) is 0 Å². The van der Waals surface area contributed by atoms with Crippen LogP contribution in [0.15, 0.2) is 24.3 Å². The molecule has 2 heterocycles. The Morgan fingerprint density at radius 3 is 1.84 bits per heavy atom. The molecule has 0 bridgehead atoms. The summed E-state index contributed by atoms with van der Waals surface area (Å²) < 4.78 is 11.4. The van der Waals surface area contributed by atoms with Crippen molar-refractivity contribution < 1.29 is 9.47 Å². The van der Waals surface area contributed by atoms with Crippen molar-refractivity contribution in [3.63, 3.8) is 0 Å². The molecule has 0 aliphatic carbocycles. The standard InChI is InChI=1S/2C14H21NO/c1-9(2)11-7-13(15-10(3)4)12-5-6-16-14(12)8-11;1-9(2)12-7-11-5-6-16-14(11)13(8-12)15-10(3)4/h2*7-10,15H,5-6H2,1-4H3. The Kier molecular flexibility index (Phi) is 7.97. The summed E-state index contributed by atoms with van der Waals surface area (Å²) in [5.41, 5.74) is 7.87. The molecule has 0 spiro atoms. The summed E-state index contributed by atoms with van der Waals surface area (Å²) in [6, 6.07) is 9.90. The van der Waals surface area contributed by atoms with Crippen molar-refractivity contribution in [1.82, 2.24) is 0 Å². The zero-order valence-corrected chi connectivity index (χ0v) is 21.3. The average Bonchev–Trinajstić information content (AvgIpc) is 3.36. The van der Waals surface area contributed by atoms with Crippen molar-refractivity contribution in [3.8, 4) is 11.5 Å². The molecule has 0 atom stereocenters. The molecule has 4 nitrogen and oxygen atoms in total. The SMILES string of the molecule is CC(C)Nc1cc(C(C)C)cc2c1CCO2.CC(C)Nc1cc(C(C)C)cc2c1OCC2. The Balaban J connectivity index is 0.000000181. The molecule has 4 rings (SSSR count). The molecule has 0 radical (unpaired) electrons. The minimum Gasteiger partial charge on any atom is -0.493 e. The van der Waals surface area contributed by atoms with Crippen LogP contribution in [0.5, 0.6) is 11.5 Å². The fraction of sp³-hybridized carbons (Fsp3) is 0.571. The second-order valence-electron chi connectivity index (χ2n) is 10.2. The van der Waals surface area contributed by atoms with E-state index < -0.39 is 0 Å². The molecule has 32 heavy (non-hydrogen) atoms. The van der Waals surface area contributed by atoms with Gasteiger partial charge in [0.15, 0.2) is 0 Å². The van der Waals surface area contributed by atoms with Gasteiger partial charge < -0.3 is 20.1 Å². The topological polar surface area (TPSA) is 42.5 Å². The third-order valence-electron chi connectivity index (χ3n) is 5.87. The number of hydrogen-bond donors (Lipinski definition) is 2. The predicted octanol–water partition coefficient (Wildman–Crippen LogP) is 7.13. The zero-order chi connectivity index (χ0) is 23.4. The smallest absolute Gasteiger partial charge is 0.145 e. The lowest BCUT2D eigenvalue weighted by Gasteiger charge is -2.16. The first-order valence-electron chi connectivity index (χ1n) is 12.3. The Morgan fingerprint density at radius 1 is 0.656 bits per heavy atom. The Morgan fingerprint density at radius 2 is 1.22 bits per heavy atom. The molecule has 2 N–H and O–H groups in total. The van der Waals surface area contributed by atoms with Gasteiger partial charge in [-0.1, -0.05) is 33.8 Å². The van der Waals surface area contributed by atoms with Crippen molar-refractivity contribution >= 4 is 11.4 Å². The Labute approximate surface area is 195 Å². The lowest BCUT2D eigenvalue weighted by Crippen LogP contribution is -2.11. The van der Waals surface area contributed by atoms with E-state index in [9.17, 15) is 0 Å². The van der Waals surface area contributed by atoms with Gasteiger partial charge in [0.1, 0.15) is 11.5 Å². The second-order valence-corrected chi connectivity index (χ2v) is 10.2. The highest BCUT2D eigenvalue weighted by molar-refractivity contribution is 5.64. The van der Waals surface area contributed by atoms with E-state index in [0.717, 1.165) is 43.2 Å². The van der Waals surface area contributed by atoms with E-state index in [1.54, 1.807) is 0 Å². The van der Waals surface area contributed by atoms with Gasteiger partial charge in [0.25, 0.3) is 0 Å². The first-order valence-corrected chi connectivity index (χ1v) is 12.3. The third-order valence-corrected chi connectivity index (χ3v) is 5.87. The van der Waals surface area contributed by atoms with E-state index in [-0.39, 0.29) is 0 Å². The highest BCUT2D eigenvalue weighted by Gasteiger charge is 2.20. The third kappa shape index (κ3) is 5.90. The summed E-state index contributed by atoms with van der Waals surface area (Å²) in [6.45, 7) is 19.2. The Hall–Kier alpha value is -2.36. The summed E-state index contributed by atoms with van der Waals surface area (Å²) in [4.78, 5) is 0. The maximum Gasteiger partial charge on any atom is 0.145 e. The van der Waals surface area contributed by atoms with Gasteiger partial charge >= 0.3 is 0 Å². The maximum absolute atomic E-state index is 5.70. The summed E-state index contributed by atoms with van der Waals surface area (Å²) >= 11 is 0. The largest absolute Gasteiger partial charge is 0.493 e. The number of nitrogens with one attached hydrogen (secondary N) is 2. The highest BCUT2D eigenvalue weighted by Crippen LogP contribution is 2.37. The highest BCUT2D eigenvalue weighted by atomic mass is 16.5. The van der Waals surface area contributed by atoms with Crippen LogP contribution in [0.25, 0.3) is 0 Å². The quantitative estimate of drug-likeness (QED) is 0.503. The fourth-order valence-corrected chi connectivity index (χ4v) is 4.17. The summed E-state index contributed by atoms with van der Waals surface area (Å²) in [6.07, 6.45) is 2.07. The van der Waals surface area contributed by atoms with Crippen molar-refractivity contribution in [2.45, 2.75) is 92.2 Å². The molecule has 0 fully saturated rings. The van der Waals surface area contributed by atoms with Gasteiger partial charge in [0.05, 0.1) is 18.9 Å². The average molecular weight is 439 g/mol. The van der Waals surface area contributed by atoms with Crippen molar-refractivity contribution in [3.05, 3.63) is 46.5 Å². The number of fused-ring (bicyclic) bond motifs is 2. The molecule has 0 amide bonds. The van der Waals surface area contributed by atoms with E-state index in [2.05, 4.69) is 90.3 Å². The zero-order valence-electron chi connectivity index (χ0n) is 21.3. The van der Waals surface area contributed by atoms with Crippen molar-refractivity contribution in [2.24, 2.45) is 0 Å². The number of benzene rings is 2. The summed E-state index contributed by atoms with van der Waals surface area (Å²) in [5, 5.41) is 7.00. The van der Waals surface area contributed by atoms with Crippen LogP contribution >= 0.6 is 0 Å². The summed E-state index contributed by atoms with van der Waals surface area (Å²) in [5.74, 6) is 3.26. The van der Waals surface area contributed by atoms with Crippen LogP contribution in [-0.2, 0) is 12.8 Å². The molecule has 176 valence electrons. The predicted molar refractivity (Wildman–Crippen MR) is 137 cm³/mol. The van der Waals surface area contributed by atoms with Gasteiger partial charge in [0, 0.05) is 36.2 Å². The van der Waals surface area contributed by atoms with Gasteiger partial charge in [0.2, 0.25) is 0 Å². The Bertz CT molecular complexity index is 841. The van der Waals surface area contributed by atoms with E-state index in [4.69, 9.17) is 9.47 Å². The number of ether oxygens (including phenoxy) is 2. The molecular formula is C28H42N2O2. The van der Waals surface area contributed by atoms with Crippen LogP contribution in [0.3, 0.4) is 0 Å². The van der Waals surface area contributed by atoms with E-state index in [1.807, 2.05) is 0 Å². The lowest BCUT2D eigenvalue weighted by molar-refractivity contribution is 0.356. The molecule has 2 aliphatic heterocycles. The van der Waals surface area contributed by atoms with Gasteiger partial charge in [-0.25, -0.2) is 0 Å². The lowest BCUT2D eigenvalue weighted by atomic mass is 9.98. The second kappa shape index (κ2) is 10.5. The fourth-order valence-electron chi connectivity index (χ4n) is 4.17.